The third kappa shape index (κ3) is 8.35. The number of fused-ring (bicyclic) bond motifs is 2. The van der Waals surface area contributed by atoms with Gasteiger partial charge in [-0.15, -0.1) is 0 Å². The van der Waals surface area contributed by atoms with Crippen LogP contribution >= 0.6 is 0 Å². The maximum absolute atomic E-state index is 13.1. The second-order valence-electron chi connectivity index (χ2n) is 21.5. The molecule has 2 aromatic carbocycles. The Bertz CT molecular complexity index is 2030. The summed E-state index contributed by atoms with van der Waals surface area (Å²) in [5.41, 5.74) is 11.2. The Labute approximate surface area is 360 Å². The average molecular weight is 840 g/mol. The van der Waals surface area contributed by atoms with Crippen LogP contribution in [0.5, 0.6) is 0 Å². The van der Waals surface area contributed by atoms with Crippen LogP contribution in [0.4, 0.5) is 16.2 Å². The molecule has 2 aliphatic rings. The molecular weight excluding hydrogens is 759 g/mol. The number of hydrogen-bond donors (Lipinski definition) is 1. The zero-order chi connectivity index (χ0) is 43.4. The lowest BCUT2D eigenvalue weighted by Crippen LogP contribution is -2.51. The van der Waals surface area contributed by atoms with Gasteiger partial charge in [0.25, 0.3) is 0 Å². The summed E-state index contributed by atoms with van der Waals surface area (Å²) in [6.45, 7) is 39.4. The van der Waals surface area contributed by atoms with Gasteiger partial charge in [-0.25, -0.2) is 4.79 Å². The lowest BCUT2D eigenvalue weighted by molar-refractivity contribution is 0.0205. The minimum atomic E-state index is -2.05. The first-order chi connectivity index (χ1) is 27.6. The molecule has 0 atom stereocenters. The smallest absolute Gasteiger partial charge is 0.410 e. The van der Waals surface area contributed by atoms with Gasteiger partial charge in [-0.3, -0.25) is 0 Å². The zero-order valence-corrected chi connectivity index (χ0v) is 42.0. The summed E-state index contributed by atoms with van der Waals surface area (Å²) >= 11 is 0. The van der Waals surface area contributed by atoms with E-state index in [-0.39, 0.29) is 6.09 Å². The van der Waals surface area contributed by atoms with E-state index in [1.54, 1.807) is 5.56 Å². The molecule has 4 heterocycles. The molecule has 0 radical (unpaired) electrons. The Morgan fingerprint density at radius 3 is 1.51 bits per heavy atom. The average Bonchev–Trinajstić information content (AvgIpc) is 3.70. The summed E-state index contributed by atoms with van der Waals surface area (Å²) < 4.78 is 11.5. The molecule has 1 N–H and O–H groups in total. The largest absolute Gasteiger partial charge is 0.444 e. The van der Waals surface area contributed by atoms with E-state index in [0.29, 0.717) is 45.1 Å². The van der Waals surface area contributed by atoms with Gasteiger partial charge in [0.1, 0.15) is 5.60 Å². The van der Waals surface area contributed by atoms with Gasteiger partial charge < -0.3 is 28.3 Å². The van der Waals surface area contributed by atoms with Crippen LogP contribution in [-0.2, 0) is 4.74 Å². The van der Waals surface area contributed by atoms with E-state index >= 15 is 0 Å². The highest BCUT2D eigenvalue weighted by Gasteiger charge is 2.48. The van der Waals surface area contributed by atoms with Crippen LogP contribution in [0.15, 0.2) is 48.8 Å². The first-order valence-corrected chi connectivity index (χ1v) is 27.7. The number of nitrogens with zero attached hydrogens (tertiary/aromatic N) is 4. The van der Waals surface area contributed by atoms with Crippen LogP contribution in [0, 0.1) is 0 Å². The third-order valence-electron chi connectivity index (χ3n) is 15.1. The second kappa shape index (κ2) is 17.4. The van der Waals surface area contributed by atoms with Crippen LogP contribution in [-0.4, -0.2) is 79.7 Å². The van der Waals surface area contributed by atoms with Crippen LogP contribution < -0.4 is 5.32 Å². The monoisotopic (exact) mass is 840 g/mol. The molecule has 0 spiro atoms. The van der Waals surface area contributed by atoms with Gasteiger partial charge in [-0.1, -0.05) is 89.2 Å². The molecule has 59 heavy (non-hydrogen) atoms. The molecule has 0 aliphatic carbocycles. The van der Waals surface area contributed by atoms with Crippen molar-refractivity contribution in [3.8, 4) is 0 Å². The summed E-state index contributed by atoms with van der Waals surface area (Å²) in [4.78, 5) is 17.5. The minimum Gasteiger partial charge on any atom is -0.444 e. The number of ether oxygens (including phenoxy) is 1. The van der Waals surface area contributed by atoms with Crippen LogP contribution in [0.1, 0.15) is 153 Å². The zero-order valence-electron chi connectivity index (χ0n) is 40.0. The molecule has 9 heteroatoms. The van der Waals surface area contributed by atoms with Crippen LogP contribution in [0.3, 0.4) is 0 Å². The van der Waals surface area contributed by atoms with Crippen molar-refractivity contribution >= 4 is 55.7 Å². The number of aromatic nitrogens is 2. The fraction of sp³-hybridized carbons (Fsp3) is 0.660. The van der Waals surface area contributed by atoms with Crippen molar-refractivity contribution in [1.82, 2.24) is 18.3 Å². The Kier molecular flexibility index (Phi) is 13.4. The fourth-order valence-corrected chi connectivity index (χ4v) is 26.1. The Morgan fingerprint density at radius 1 is 0.610 bits per heavy atom. The number of benzene rings is 2. The molecule has 0 unspecified atom stereocenters. The number of piperidine rings is 2. The van der Waals surface area contributed by atoms with Gasteiger partial charge >= 0.3 is 6.09 Å². The van der Waals surface area contributed by atoms with Crippen molar-refractivity contribution in [2.45, 2.75) is 180 Å². The molecule has 6 rings (SSSR count). The number of hydrogen-bond acceptors (Lipinski definition) is 4. The highest BCUT2D eigenvalue weighted by molar-refractivity contribution is 6.83. The van der Waals surface area contributed by atoms with Gasteiger partial charge in [-0.2, -0.15) is 0 Å². The predicted octanol–water partition coefficient (Wildman–Crippen LogP) is 14.3. The topological polar surface area (TPSA) is 54.7 Å². The molecule has 4 aromatic rings. The molecule has 0 bridgehead atoms. The number of nitrogens with one attached hydrogen (secondary N) is 1. The van der Waals surface area contributed by atoms with E-state index in [0.717, 1.165) is 37.3 Å². The van der Waals surface area contributed by atoms with E-state index in [1.807, 2.05) is 25.7 Å². The molecule has 7 nitrogen and oxygen atoms in total. The number of likely N-dealkylation sites (tertiary alicyclic amines) is 2. The van der Waals surface area contributed by atoms with Crippen molar-refractivity contribution in [2.24, 2.45) is 0 Å². The Balaban J connectivity index is 1.45. The minimum absolute atomic E-state index is 0.188. The Morgan fingerprint density at radius 2 is 1.03 bits per heavy atom. The van der Waals surface area contributed by atoms with E-state index in [2.05, 4.69) is 158 Å². The van der Waals surface area contributed by atoms with Crippen molar-refractivity contribution in [3.05, 3.63) is 59.9 Å². The fourth-order valence-electron chi connectivity index (χ4n) is 12.8. The maximum atomic E-state index is 13.1. The predicted molar refractivity (Wildman–Crippen MR) is 259 cm³/mol. The van der Waals surface area contributed by atoms with Crippen LogP contribution in [0.2, 0.25) is 33.2 Å². The first kappa shape index (κ1) is 45.5. The van der Waals surface area contributed by atoms with E-state index in [1.165, 1.54) is 53.3 Å². The van der Waals surface area contributed by atoms with Gasteiger partial charge in [0.15, 0.2) is 16.5 Å². The molecule has 2 saturated heterocycles. The molecule has 1 amide bonds. The SMILES string of the molecule is CC(C)[Si](C(C)C)(C(C)C)n1cc(C2CCN(C)CC2)c2ccc(Nc3ccc4c(c3)c(C3CCN(C(=O)OC(C)(C)C)CC3)cn4[Si](C(C)C)(C(C)C)C(C)C)cc21. The van der Waals surface area contributed by atoms with Crippen molar-refractivity contribution < 1.29 is 9.53 Å². The second-order valence-corrected chi connectivity index (χ2v) is 33.0. The standard InChI is InChI=1S/C50H81N5O2Si2/c1-33(2)58(34(3)4,35(5)6)54-32-46(40-23-27-53(28-24-40)49(56)57-50(13,14)15)44-29-41(18-20-47(44)54)51-42-17-19-43-45(39-21-25-52(16)26-22-39)31-55(48(43)30-42)59(36(7)8,37(9)10)38(11)12/h17-20,29-40,51H,21-28H2,1-16H3. The number of anilines is 2. The molecule has 2 aromatic heterocycles. The lowest BCUT2D eigenvalue weighted by atomic mass is 9.89. The summed E-state index contributed by atoms with van der Waals surface area (Å²) in [6.07, 6.45) is 9.36. The number of rotatable bonds is 12. The van der Waals surface area contributed by atoms with E-state index < -0.39 is 22.1 Å². The Hall–Kier alpha value is -3.02. The number of amides is 1. The van der Waals surface area contributed by atoms with Gasteiger partial charge in [-0.05, 0) is 166 Å². The van der Waals surface area contributed by atoms with Gasteiger partial charge in [0.05, 0.1) is 0 Å². The van der Waals surface area contributed by atoms with Crippen molar-refractivity contribution in [3.63, 3.8) is 0 Å². The number of carbonyl (C=O) groups is 1. The summed E-state index contributed by atoms with van der Waals surface area (Å²) in [7, 11) is -1.80. The van der Waals surface area contributed by atoms with Crippen molar-refractivity contribution in [1.29, 1.82) is 0 Å². The molecular formula is C50H81N5O2Si2. The highest BCUT2D eigenvalue weighted by Crippen LogP contribution is 2.49. The highest BCUT2D eigenvalue weighted by atomic mass is 28.3. The van der Waals surface area contributed by atoms with Crippen molar-refractivity contribution in [2.75, 3.05) is 38.5 Å². The van der Waals surface area contributed by atoms with E-state index in [9.17, 15) is 4.79 Å². The quantitative estimate of drug-likeness (QED) is 0.144. The molecule has 2 aliphatic heterocycles. The third-order valence-corrected chi connectivity index (χ3v) is 28.6. The lowest BCUT2D eigenvalue weighted by Gasteiger charge is -2.44. The van der Waals surface area contributed by atoms with Gasteiger partial charge in [0.2, 0.25) is 0 Å². The summed E-state index contributed by atoms with van der Waals surface area (Å²) in [5.74, 6) is 0.982. The summed E-state index contributed by atoms with van der Waals surface area (Å²) in [5, 5.41) is 6.79. The number of carbonyl (C=O) groups excluding carboxylic acids is 1. The van der Waals surface area contributed by atoms with E-state index in [4.69, 9.17) is 4.74 Å². The summed E-state index contributed by atoms with van der Waals surface area (Å²) in [6, 6.07) is 14.5. The molecule has 2 fully saturated rings. The first-order valence-electron chi connectivity index (χ1n) is 23.4. The molecule has 326 valence electrons. The normalized spacial score (nSPS) is 17.4. The molecule has 0 saturated carbocycles. The van der Waals surface area contributed by atoms with Gasteiger partial charge in [0, 0.05) is 46.3 Å². The maximum Gasteiger partial charge on any atom is 0.410 e. The van der Waals surface area contributed by atoms with Crippen LogP contribution in [0.25, 0.3) is 21.8 Å².